The van der Waals surface area contributed by atoms with Crippen molar-refractivity contribution in [1.29, 1.82) is 0 Å². The summed E-state index contributed by atoms with van der Waals surface area (Å²) in [5.74, 6) is -0.00982. The first kappa shape index (κ1) is 28.8. The van der Waals surface area contributed by atoms with E-state index in [4.69, 9.17) is 9.47 Å². The van der Waals surface area contributed by atoms with Crippen LogP contribution in [0.5, 0.6) is 23.0 Å². The van der Waals surface area contributed by atoms with Crippen LogP contribution in [0.4, 0.5) is 26.3 Å². The van der Waals surface area contributed by atoms with Gasteiger partial charge < -0.3 is 14.6 Å². The lowest BCUT2D eigenvalue weighted by Crippen LogP contribution is -2.54. The second kappa shape index (κ2) is 10.4. The maximum Gasteiger partial charge on any atom is 0.411 e. The topological polar surface area (TPSA) is 72.8 Å². The van der Waals surface area contributed by atoms with Crippen LogP contribution in [-0.2, 0) is 15.3 Å². The molecule has 0 radical (unpaired) electrons. The van der Waals surface area contributed by atoms with E-state index in [0.717, 1.165) is 36.4 Å². The van der Waals surface area contributed by atoms with E-state index in [9.17, 15) is 39.9 Å². The lowest BCUT2D eigenvalue weighted by atomic mass is 9.73. The highest BCUT2D eigenvalue weighted by Gasteiger charge is 2.72. The molecule has 0 aliphatic rings. The molecule has 0 bridgehead atoms. The standard InChI is InChI=1S/C28H20F6O5S/c1-38-21-8-2-18(3-9-21)26(27(29,30)31,28(32,33)34)19-4-10-22(11-5-19)39-23-12-16-25(17-13-23)40(36,37)24-14-6-20(35)7-15-24/h2-17,35H,1H3. The molecule has 0 saturated carbocycles. The Morgan fingerprint density at radius 2 is 0.925 bits per heavy atom. The van der Waals surface area contributed by atoms with E-state index in [1.54, 1.807) is 0 Å². The van der Waals surface area contributed by atoms with Crippen LogP contribution in [0, 0.1) is 0 Å². The SMILES string of the molecule is COc1ccc(C(c2ccc(Oc3ccc(S(=O)(=O)c4ccc(O)cc4)cc3)cc2)(C(F)(F)F)C(F)(F)F)cc1. The summed E-state index contributed by atoms with van der Waals surface area (Å²) < 4.78 is 122. The monoisotopic (exact) mass is 582 g/mol. The molecule has 0 aliphatic heterocycles. The number of alkyl halides is 6. The summed E-state index contributed by atoms with van der Waals surface area (Å²) in [5, 5.41) is 9.36. The predicted molar refractivity (Wildman–Crippen MR) is 132 cm³/mol. The van der Waals surface area contributed by atoms with Crippen molar-refractivity contribution in [3.05, 3.63) is 108 Å². The number of rotatable bonds is 7. The van der Waals surface area contributed by atoms with E-state index in [-0.39, 0.29) is 32.8 Å². The van der Waals surface area contributed by atoms with Crippen LogP contribution >= 0.6 is 0 Å². The summed E-state index contributed by atoms with van der Waals surface area (Å²) in [6.07, 6.45) is -11.5. The van der Waals surface area contributed by atoms with E-state index >= 15 is 0 Å². The fraction of sp³-hybridized carbons (Fsp3) is 0.143. The number of methoxy groups -OCH3 is 1. The molecule has 0 atom stereocenters. The van der Waals surface area contributed by atoms with Crippen LogP contribution in [0.25, 0.3) is 0 Å². The number of ether oxygens (including phenoxy) is 2. The fourth-order valence-corrected chi connectivity index (χ4v) is 5.44. The van der Waals surface area contributed by atoms with Crippen molar-refractivity contribution < 1.29 is 49.3 Å². The zero-order valence-electron chi connectivity index (χ0n) is 20.5. The van der Waals surface area contributed by atoms with Crippen molar-refractivity contribution in [3.63, 3.8) is 0 Å². The summed E-state index contributed by atoms with van der Waals surface area (Å²) in [5.41, 5.74) is -6.43. The Balaban J connectivity index is 1.65. The van der Waals surface area contributed by atoms with Crippen LogP contribution in [0.15, 0.2) is 107 Å². The second-order valence-corrected chi connectivity index (χ2v) is 10.5. The molecule has 4 aromatic rings. The first-order valence-corrected chi connectivity index (χ1v) is 12.9. The van der Waals surface area contributed by atoms with Crippen LogP contribution in [0.1, 0.15) is 11.1 Å². The summed E-state index contributed by atoms with van der Waals surface area (Å²) in [7, 11) is -2.68. The molecule has 40 heavy (non-hydrogen) atoms. The molecule has 210 valence electrons. The van der Waals surface area contributed by atoms with Gasteiger partial charge in [-0.05, 0) is 83.9 Å². The smallest absolute Gasteiger partial charge is 0.411 e. The van der Waals surface area contributed by atoms with Crippen LogP contribution < -0.4 is 9.47 Å². The van der Waals surface area contributed by atoms with E-state index < -0.39 is 38.7 Å². The van der Waals surface area contributed by atoms with Crippen molar-refractivity contribution in [3.8, 4) is 23.0 Å². The predicted octanol–water partition coefficient (Wildman–Crippen LogP) is 7.44. The minimum atomic E-state index is -5.75. The Morgan fingerprint density at radius 1 is 0.575 bits per heavy atom. The first-order valence-electron chi connectivity index (χ1n) is 11.4. The average Bonchev–Trinajstić information content (AvgIpc) is 2.89. The molecule has 0 heterocycles. The summed E-state index contributed by atoms with van der Waals surface area (Å²) in [6.45, 7) is 0. The van der Waals surface area contributed by atoms with E-state index in [0.29, 0.717) is 12.1 Å². The zero-order valence-corrected chi connectivity index (χ0v) is 21.3. The number of aromatic hydroxyl groups is 1. The lowest BCUT2D eigenvalue weighted by Gasteiger charge is -2.38. The van der Waals surface area contributed by atoms with E-state index in [1.165, 1.54) is 55.6 Å². The fourth-order valence-electron chi connectivity index (χ4n) is 4.18. The van der Waals surface area contributed by atoms with E-state index in [2.05, 4.69) is 0 Å². The van der Waals surface area contributed by atoms with Crippen LogP contribution in [0.2, 0.25) is 0 Å². The zero-order chi connectivity index (χ0) is 29.3. The van der Waals surface area contributed by atoms with Crippen LogP contribution in [0.3, 0.4) is 0 Å². The largest absolute Gasteiger partial charge is 0.508 e. The van der Waals surface area contributed by atoms with Gasteiger partial charge in [0.2, 0.25) is 15.3 Å². The third-order valence-corrected chi connectivity index (χ3v) is 7.96. The van der Waals surface area contributed by atoms with E-state index in [1.807, 2.05) is 0 Å². The summed E-state index contributed by atoms with van der Waals surface area (Å²) in [4.78, 5) is -0.162. The molecule has 0 saturated heterocycles. The molecule has 0 fully saturated rings. The molecule has 0 unspecified atom stereocenters. The highest BCUT2D eigenvalue weighted by Crippen LogP contribution is 2.56. The van der Waals surface area contributed by atoms with Crippen molar-refractivity contribution in [1.82, 2.24) is 0 Å². The minimum absolute atomic E-state index is 0.0655. The number of sulfone groups is 1. The van der Waals surface area contributed by atoms with Gasteiger partial charge in [0.1, 0.15) is 23.0 Å². The molecule has 5 nitrogen and oxygen atoms in total. The van der Waals surface area contributed by atoms with Gasteiger partial charge >= 0.3 is 12.4 Å². The van der Waals surface area contributed by atoms with Crippen LogP contribution in [-0.4, -0.2) is 33.0 Å². The molecule has 12 heteroatoms. The van der Waals surface area contributed by atoms with Gasteiger partial charge in [-0.25, -0.2) is 8.42 Å². The van der Waals surface area contributed by atoms with Gasteiger partial charge in [0, 0.05) is 0 Å². The quantitative estimate of drug-likeness (QED) is 0.230. The van der Waals surface area contributed by atoms with Crippen molar-refractivity contribution in [2.24, 2.45) is 0 Å². The highest BCUT2D eigenvalue weighted by atomic mass is 32.2. The molecule has 4 aromatic carbocycles. The van der Waals surface area contributed by atoms with Gasteiger partial charge in [-0.1, -0.05) is 24.3 Å². The summed E-state index contributed by atoms with van der Waals surface area (Å²) in [6, 6.07) is 16.7. The Kier molecular flexibility index (Phi) is 7.50. The molecule has 0 aromatic heterocycles. The van der Waals surface area contributed by atoms with Gasteiger partial charge in [-0.3, -0.25) is 0 Å². The molecular formula is C28H20F6O5S. The molecule has 1 N–H and O–H groups in total. The van der Waals surface area contributed by atoms with Crippen molar-refractivity contribution >= 4 is 9.84 Å². The molecule has 0 spiro atoms. The Morgan fingerprint density at radius 3 is 1.30 bits per heavy atom. The average molecular weight is 583 g/mol. The van der Waals surface area contributed by atoms with Gasteiger partial charge in [0.25, 0.3) is 0 Å². The third kappa shape index (κ3) is 5.18. The second-order valence-electron chi connectivity index (χ2n) is 8.57. The number of phenols is 1. The third-order valence-electron chi connectivity index (χ3n) is 6.18. The first-order chi connectivity index (χ1) is 18.7. The molecule has 0 aliphatic carbocycles. The number of hydrogen-bond acceptors (Lipinski definition) is 5. The Labute approximate surface area is 225 Å². The summed E-state index contributed by atoms with van der Waals surface area (Å²) >= 11 is 0. The molecule has 4 rings (SSSR count). The molecule has 0 amide bonds. The highest BCUT2D eigenvalue weighted by molar-refractivity contribution is 7.91. The lowest BCUT2D eigenvalue weighted by molar-refractivity contribution is -0.288. The Hall–Kier alpha value is -4.19. The molecular weight excluding hydrogens is 562 g/mol. The van der Waals surface area contributed by atoms with Crippen molar-refractivity contribution in [2.75, 3.05) is 7.11 Å². The van der Waals surface area contributed by atoms with Gasteiger partial charge in [-0.2, -0.15) is 26.3 Å². The number of benzene rings is 4. The Bertz CT molecular complexity index is 1550. The number of hydrogen-bond donors (Lipinski definition) is 1. The van der Waals surface area contributed by atoms with Gasteiger partial charge in [0.05, 0.1) is 16.9 Å². The van der Waals surface area contributed by atoms with Gasteiger partial charge in [-0.15, -0.1) is 0 Å². The normalized spacial score (nSPS) is 12.7. The van der Waals surface area contributed by atoms with Gasteiger partial charge in [0.15, 0.2) is 0 Å². The maximum absolute atomic E-state index is 14.3. The maximum atomic E-state index is 14.3. The van der Waals surface area contributed by atoms with Crippen molar-refractivity contribution in [2.45, 2.75) is 27.6 Å². The number of phenolic OH excluding ortho intramolecular Hbond substituents is 1. The minimum Gasteiger partial charge on any atom is -0.508 e. The number of halogens is 6.